The summed E-state index contributed by atoms with van der Waals surface area (Å²) in [4.78, 5) is 19.6. The number of carboxylic acid groups (broad SMARTS) is 1. The molecule has 0 radical (unpaired) electrons. The first kappa shape index (κ1) is 13.6. The van der Waals surface area contributed by atoms with Gasteiger partial charge in [-0.3, -0.25) is 14.0 Å². The fraction of sp³-hybridized carbons (Fsp3) is 0.231. The molecule has 8 heteroatoms. The van der Waals surface area contributed by atoms with Crippen molar-refractivity contribution in [2.45, 2.75) is 12.1 Å². The second-order valence-electron chi connectivity index (χ2n) is 4.53. The second-order valence-corrected chi connectivity index (χ2v) is 5.47. The standard InChI is InChI=1S/C13H13N5O2S/c1-8-10(6-17(2)16-8)18-12-9(4-3-5-14-12)15-13(18)21-7-11(19)20/h3-6H,7H2,1-2H3,(H,19,20). The minimum absolute atomic E-state index is 0.0529. The van der Waals surface area contributed by atoms with Crippen LogP contribution in [0.25, 0.3) is 16.9 Å². The van der Waals surface area contributed by atoms with E-state index >= 15 is 0 Å². The number of thioether (sulfide) groups is 1. The predicted octanol–water partition coefficient (Wildman–Crippen LogP) is 1.64. The fourth-order valence-corrected chi connectivity index (χ4v) is 2.87. The Kier molecular flexibility index (Phi) is 3.38. The lowest BCUT2D eigenvalue weighted by Gasteiger charge is -2.05. The SMILES string of the molecule is Cc1nn(C)cc1-n1c(SCC(=O)O)nc2cccnc21. The zero-order chi connectivity index (χ0) is 15.0. The highest BCUT2D eigenvalue weighted by Gasteiger charge is 2.18. The number of nitrogens with zero attached hydrogens (tertiary/aromatic N) is 5. The number of aromatic nitrogens is 5. The van der Waals surface area contributed by atoms with Gasteiger partial charge in [0.2, 0.25) is 0 Å². The summed E-state index contributed by atoms with van der Waals surface area (Å²) in [6.45, 7) is 1.90. The molecule has 0 fully saturated rings. The molecule has 0 aromatic carbocycles. The first-order valence-electron chi connectivity index (χ1n) is 6.25. The summed E-state index contributed by atoms with van der Waals surface area (Å²) in [5.74, 6) is -0.933. The molecule has 3 aromatic rings. The maximum Gasteiger partial charge on any atom is 0.313 e. The Labute approximate surface area is 124 Å². The van der Waals surface area contributed by atoms with Gasteiger partial charge >= 0.3 is 5.97 Å². The van der Waals surface area contributed by atoms with Gasteiger partial charge in [0, 0.05) is 19.4 Å². The highest BCUT2D eigenvalue weighted by molar-refractivity contribution is 7.99. The Morgan fingerprint density at radius 2 is 2.29 bits per heavy atom. The van der Waals surface area contributed by atoms with Crippen LogP contribution in [0.15, 0.2) is 29.7 Å². The molecule has 0 aliphatic rings. The normalized spacial score (nSPS) is 11.1. The van der Waals surface area contributed by atoms with E-state index < -0.39 is 5.97 Å². The average molecular weight is 303 g/mol. The number of fused-ring (bicyclic) bond motifs is 1. The van der Waals surface area contributed by atoms with Gasteiger partial charge in [-0.15, -0.1) is 0 Å². The second kappa shape index (κ2) is 5.21. The first-order chi connectivity index (χ1) is 10.1. The van der Waals surface area contributed by atoms with E-state index in [4.69, 9.17) is 5.11 Å². The van der Waals surface area contributed by atoms with Crippen molar-refractivity contribution in [2.75, 3.05) is 5.75 Å². The van der Waals surface area contributed by atoms with Crippen molar-refractivity contribution in [2.24, 2.45) is 7.05 Å². The molecule has 0 unspecified atom stereocenters. The molecule has 0 amide bonds. The highest BCUT2D eigenvalue weighted by Crippen LogP contribution is 2.27. The molecule has 3 heterocycles. The summed E-state index contributed by atoms with van der Waals surface area (Å²) in [7, 11) is 1.84. The van der Waals surface area contributed by atoms with Gasteiger partial charge in [0.1, 0.15) is 5.52 Å². The van der Waals surface area contributed by atoms with Gasteiger partial charge in [-0.05, 0) is 19.1 Å². The van der Waals surface area contributed by atoms with E-state index in [1.807, 2.05) is 30.8 Å². The lowest BCUT2D eigenvalue weighted by atomic mass is 10.4. The molecule has 3 aromatic heterocycles. The minimum Gasteiger partial charge on any atom is -0.481 e. The number of carbonyl (C=O) groups is 1. The molecule has 7 nitrogen and oxygen atoms in total. The van der Waals surface area contributed by atoms with E-state index in [1.165, 1.54) is 11.8 Å². The van der Waals surface area contributed by atoms with Crippen molar-refractivity contribution < 1.29 is 9.90 Å². The van der Waals surface area contributed by atoms with Crippen molar-refractivity contribution in [3.8, 4) is 5.69 Å². The van der Waals surface area contributed by atoms with Gasteiger partial charge in [-0.25, -0.2) is 9.97 Å². The van der Waals surface area contributed by atoms with Gasteiger partial charge in [0.15, 0.2) is 10.8 Å². The largest absolute Gasteiger partial charge is 0.481 e. The van der Waals surface area contributed by atoms with Crippen LogP contribution in [0, 0.1) is 6.92 Å². The topological polar surface area (TPSA) is 85.8 Å². The van der Waals surface area contributed by atoms with Crippen LogP contribution in [0.1, 0.15) is 5.69 Å². The van der Waals surface area contributed by atoms with E-state index in [9.17, 15) is 4.79 Å². The molecule has 0 aliphatic carbocycles. The summed E-state index contributed by atoms with van der Waals surface area (Å²) in [5, 5.41) is 13.8. The van der Waals surface area contributed by atoms with E-state index in [0.29, 0.717) is 10.8 Å². The molecule has 0 bridgehead atoms. The predicted molar refractivity (Wildman–Crippen MR) is 78.7 cm³/mol. The molecule has 0 atom stereocenters. The molecule has 0 aliphatic heterocycles. The maximum absolute atomic E-state index is 10.8. The Bertz CT molecular complexity index is 823. The number of rotatable bonds is 4. The third-order valence-electron chi connectivity index (χ3n) is 2.94. The van der Waals surface area contributed by atoms with E-state index in [1.54, 1.807) is 16.9 Å². The molecule has 3 rings (SSSR count). The summed E-state index contributed by atoms with van der Waals surface area (Å²) < 4.78 is 3.57. The Hall–Kier alpha value is -2.35. The van der Waals surface area contributed by atoms with Crippen molar-refractivity contribution >= 4 is 28.9 Å². The van der Waals surface area contributed by atoms with Crippen LogP contribution in [0.3, 0.4) is 0 Å². The van der Waals surface area contributed by atoms with Crippen LogP contribution in [-0.4, -0.2) is 41.1 Å². The van der Waals surface area contributed by atoms with E-state index in [-0.39, 0.29) is 5.75 Å². The van der Waals surface area contributed by atoms with E-state index in [0.717, 1.165) is 16.9 Å². The smallest absolute Gasteiger partial charge is 0.313 e. The van der Waals surface area contributed by atoms with Crippen LogP contribution in [0.2, 0.25) is 0 Å². The van der Waals surface area contributed by atoms with Crippen LogP contribution in [0.5, 0.6) is 0 Å². The summed E-state index contributed by atoms with van der Waals surface area (Å²) in [5.41, 5.74) is 3.11. The summed E-state index contributed by atoms with van der Waals surface area (Å²) in [6, 6.07) is 3.66. The molecular weight excluding hydrogens is 290 g/mol. The van der Waals surface area contributed by atoms with Crippen molar-refractivity contribution in [1.82, 2.24) is 24.3 Å². The van der Waals surface area contributed by atoms with Gasteiger partial charge in [0.05, 0.1) is 17.1 Å². The summed E-state index contributed by atoms with van der Waals surface area (Å²) in [6.07, 6.45) is 3.56. The number of hydrogen-bond donors (Lipinski definition) is 1. The number of aliphatic carboxylic acids is 1. The molecule has 0 saturated heterocycles. The first-order valence-corrected chi connectivity index (χ1v) is 7.23. The third kappa shape index (κ3) is 2.49. The van der Waals surface area contributed by atoms with Crippen molar-refractivity contribution in [3.63, 3.8) is 0 Å². The maximum atomic E-state index is 10.8. The van der Waals surface area contributed by atoms with Crippen LogP contribution < -0.4 is 0 Å². The molecule has 0 spiro atoms. The zero-order valence-electron chi connectivity index (χ0n) is 11.5. The lowest BCUT2D eigenvalue weighted by Crippen LogP contribution is -2.02. The average Bonchev–Trinajstić information content (AvgIpc) is 2.95. The number of pyridine rings is 1. The fourth-order valence-electron chi connectivity index (χ4n) is 2.14. The molecule has 21 heavy (non-hydrogen) atoms. The van der Waals surface area contributed by atoms with Crippen LogP contribution >= 0.6 is 11.8 Å². The molecule has 1 N–H and O–H groups in total. The number of hydrogen-bond acceptors (Lipinski definition) is 5. The van der Waals surface area contributed by atoms with E-state index in [2.05, 4.69) is 15.1 Å². The van der Waals surface area contributed by atoms with Gasteiger partial charge in [-0.1, -0.05) is 11.8 Å². The number of aryl methyl sites for hydroxylation is 2. The van der Waals surface area contributed by atoms with Gasteiger partial charge < -0.3 is 5.11 Å². The lowest BCUT2D eigenvalue weighted by molar-refractivity contribution is -0.133. The summed E-state index contributed by atoms with van der Waals surface area (Å²) >= 11 is 1.17. The zero-order valence-corrected chi connectivity index (χ0v) is 12.3. The Balaban J connectivity index is 2.20. The third-order valence-corrected chi connectivity index (χ3v) is 3.86. The highest BCUT2D eigenvalue weighted by atomic mass is 32.2. The number of carboxylic acids is 1. The monoisotopic (exact) mass is 303 g/mol. The molecule has 0 saturated carbocycles. The van der Waals surface area contributed by atoms with Gasteiger partial charge in [0.25, 0.3) is 0 Å². The number of imidazole rings is 1. The van der Waals surface area contributed by atoms with Crippen molar-refractivity contribution in [3.05, 3.63) is 30.2 Å². The Morgan fingerprint density at radius 3 is 2.95 bits per heavy atom. The Morgan fingerprint density at radius 1 is 1.48 bits per heavy atom. The molecular formula is C13H13N5O2S. The van der Waals surface area contributed by atoms with Crippen LogP contribution in [0.4, 0.5) is 0 Å². The quantitative estimate of drug-likeness (QED) is 0.737. The van der Waals surface area contributed by atoms with Gasteiger partial charge in [-0.2, -0.15) is 5.10 Å². The molecule has 108 valence electrons. The minimum atomic E-state index is -0.880. The van der Waals surface area contributed by atoms with Crippen LogP contribution in [-0.2, 0) is 11.8 Å². The van der Waals surface area contributed by atoms with Crippen molar-refractivity contribution in [1.29, 1.82) is 0 Å².